The van der Waals surface area contributed by atoms with Crippen LogP contribution in [0.2, 0.25) is 0 Å². The monoisotopic (exact) mass is 216 g/mol. The van der Waals surface area contributed by atoms with E-state index in [1.807, 2.05) is 20.8 Å². The molecule has 0 fully saturated rings. The van der Waals surface area contributed by atoms with Gasteiger partial charge in [0.25, 0.3) is 0 Å². The van der Waals surface area contributed by atoms with Gasteiger partial charge in [-0.05, 0) is 20.8 Å². The molecule has 7 heteroatoms. The molecule has 4 nitrogen and oxygen atoms in total. The number of rotatable bonds is 1. The summed E-state index contributed by atoms with van der Waals surface area (Å²) in [5, 5.41) is 0. The van der Waals surface area contributed by atoms with Gasteiger partial charge in [-0.15, -0.1) is 0 Å². The lowest BCUT2D eigenvalue weighted by atomic mass is 10.1. The molecule has 0 saturated heterocycles. The van der Waals surface area contributed by atoms with Crippen LogP contribution in [-0.2, 0) is 20.6 Å². The smallest absolute Gasteiger partial charge is 0.207 e. The molecule has 11 heavy (non-hydrogen) atoms. The first-order chi connectivity index (χ1) is 4.71. The molecule has 0 aromatic carbocycles. The SMILES string of the molecule is CC(C)(C)N=S=NS(=O)(=O)Cl. The van der Waals surface area contributed by atoms with Crippen LogP contribution in [-0.4, -0.2) is 14.0 Å². The summed E-state index contributed by atoms with van der Waals surface area (Å²) in [7, 11) is 1.01. The van der Waals surface area contributed by atoms with Crippen LogP contribution in [0.25, 0.3) is 0 Å². The maximum Gasteiger partial charge on any atom is 0.351 e. The fourth-order valence-corrected chi connectivity index (χ4v) is 1.10. The molecule has 0 radical (unpaired) electrons. The van der Waals surface area contributed by atoms with Gasteiger partial charge in [0.15, 0.2) is 0 Å². The summed E-state index contributed by atoms with van der Waals surface area (Å²) in [6.45, 7) is 5.49. The van der Waals surface area contributed by atoms with Crippen LogP contribution < -0.4 is 0 Å². The first-order valence-electron chi connectivity index (χ1n) is 2.76. The van der Waals surface area contributed by atoms with Crippen LogP contribution in [0.4, 0.5) is 0 Å². The van der Waals surface area contributed by atoms with E-state index in [0.717, 1.165) is 0 Å². The zero-order chi connectivity index (χ0) is 9.12. The highest BCUT2D eigenvalue weighted by molar-refractivity contribution is 8.14. The van der Waals surface area contributed by atoms with E-state index in [9.17, 15) is 8.42 Å². The minimum atomic E-state index is -3.78. The summed E-state index contributed by atoms with van der Waals surface area (Å²) in [4.78, 5) is 0. The molecular weight excluding hydrogens is 208 g/mol. The normalized spacial score (nSPS) is 12.4. The average molecular weight is 217 g/mol. The Kier molecular flexibility index (Phi) is 3.66. The number of hydrogen-bond donors (Lipinski definition) is 0. The Labute approximate surface area is 74.4 Å². The third-order valence-corrected chi connectivity index (χ3v) is 2.55. The van der Waals surface area contributed by atoms with Crippen molar-refractivity contribution in [3.05, 3.63) is 0 Å². The van der Waals surface area contributed by atoms with Crippen molar-refractivity contribution in [1.82, 2.24) is 0 Å². The predicted molar refractivity (Wildman–Crippen MR) is 46.7 cm³/mol. The topological polar surface area (TPSA) is 58.9 Å². The summed E-state index contributed by atoms with van der Waals surface area (Å²) in [5.74, 6) is 0. The van der Waals surface area contributed by atoms with Gasteiger partial charge >= 0.3 is 9.24 Å². The predicted octanol–water partition coefficient (Wildman–Crippen LogP) is 1.72. The molecule has 0 aromatic heterocycles. The molecule has 0 bridgehead atoms. The molecule has 0 rings (SSSR count). The fourth-order valence-electron chi connectivity index (χ4n) is 0.179. The number of nitrogens with zero attached hydrogens (tertiary/aromatic N) is 2. The van der Waals surface area contributed by atoms with Crippen LogP contribution in [0.5, 0.6) is 0 Å². The third kappa shape index (κ3) is 10.1. The molecular formula is C4H9ClN2O2S2. The van der Waals surface area contributed by atoms with Crippen LogP contribution in [0.15, 0.2) is 8.13 Å². The van der Waals surface area contributed by atoms with Gasteiger partial charge < -0.3 is 0 Å². The lowest BCUT2D eigenvalue weighted by Gasteiger charge is -2.06. The molecule has 0 saturated carbocycles. The third-order valence-electron chi connectivity index (χ3n) is 0.437. The van der Waals surface area contributed by atoms with E-state index in [-0.39, 0.29) is 5.54 Å². The van der Waals surface area contributed by atoms with Crippen LogP contribution in [0.1, 0.15) is 20.8 Å². The van der Waals surface area contributed by atoms with Crippen molar-refractivity contribution in [2.45, 2.75) is 26.3 Å². The maximum absolute atomic E-state index is 10.2. The fraction of sp³-hybridized carbons (Fsp3) is 1.00. The standard InChI is InChI=1S/C4H9ClN2O2S2/c1-4(2,3)6-10-7-11(5,8)9/h1-3H3. The van der Waals surface area contributed by atoms with E-state index >= 15 is 0 Å². The molecule has 0 amide bonds. The number of halogens is 1. The Bertz CT molecular complexity index is 284. The molecule has 0 aliphatic rings. The van der Waals surface area contributed by atoms with Gasteiger partial charge in [0.1, 0.15) is 0 Å². The van der Waals surface area contributed by atoms with E-state index < -0.39 is 9.24 Å². The zero-order valence-electron chi connectivity index (χ0n) is 6.41. The van der Waals surface area contributed by atoms with Crippen LogP contribution in [0, 0.1) is 0 Å². The van der Waals surface area contributed by atoms with Gasteiger partial charge in [-0.25, -0.2) is 4.36 Å². The second-order valence-electron chi connectivity index (χ2n) is 2.83. The molecule has 0 aliphatic heterocycles. The Morgan fingerprint density at radius 1 is 1.36 bits per heavy atom. The van der Waals surface area contributed by atoms with Crippen molar-refractivity contribution >= 4 is 31.3 Å². The summed E-state index contributed by atoms with van der Waals surface area (Å²) in [6, 6.07) is 0. The maximum atomic E-state index is 10.2. The lowest BCUT2D eigenvalue weighted by Crippen LogP contribution is -2.07. The van der Waals surface area contributed by atoms with E-state index in [2.05, 4.69) is 8.13 Å². The van der Waals surface area contributed by atoms with Gasteiger partial charge in [-0.2, -0.15) is 8.42 Å². The Balaban J connectivity index is 4.51. The molecule has 0 spiro atoms. The Morgan fingerprint density at radius 2 is 1.82 bits per heavy atom. The highest BCUT2D eigenvalue weighted by atomic mass is 35.7. The van der Waals surface area contributed by atoms with Gasteiger partial charge in [-0.1, -0.05) is 3.77 Å². The van der Waals surface area contributed by atoms with Crippen molar-refractivity contribution in [3.63, 3.8) is 0 Å². The van der Waals surface area contributed by atoms with Crippen LogP contribution in [0.3, 0.4) is 0 Å². The van der Waals surface area contributed by atoms with E-state index in [1.165, 1.54) is 0 Å². The van der Waals surface area contributed by atoms with Gasteiger partial charge in [0.05, 0.1) is 16.9 Å². The van der Waals surface area contributed by atoms with Gasteiger partial charge in [0.2, 0.25) is 0 Å². The molecule has 0 N–H and O–H groups in total. The first-order valence-corrected chi connectivity index (χ1v) is 5.76. The largest absolute Gasteiger partial charge is 0.351 e. The van der Waals surface area contributed by atoms with Crippen molar-refractivity contribution in [2.24, 2.45) is 8.13 Å². The van der Waals surface area contributed by atoms with Crippen molar-refractivity contribution < 1.29 is 8.42 Å². The summed E-state index contributed by atoms with van der Waals surface area (Å²) in [5.41, 5.74) is -0.310. The van der Waals surface area contributed by atoms with E-state index in [0.29, 0.717) is 11.4 Å². The van der Waals surface area contributed by atoms with E-state index in [4.69, 9.17) is 10.7 Å². The van der Waals surface area contributed by atoms with Crippen LogP contribution >= 0.6 is 10.7 Å². The second kappa shape index (κ2) is 3.64. The molecule has 0 heterocycles. The summed E-state index contributed by atoms with van der Waals surface area (Å²) in [6.07, 6.45) is 0. The Morgan fingerprint density at radius 3 is 2.09 bits per heavy atom. The highest BCUT2D eigenvalue weighted by Gasteiger charge is 2.05. The minimum Gasteiger partial charge on any atom is -0.207 e. The summed E-state index contributed by atoms with van der Waals surface area (Å²) < 4.78 is 27.3. The molecule has 0 unspecified atom stereocenters. The molecule has 0 atom stereocenters. The van der Waals surface area contributed by atoms with Gasteiger partial charge in [-0.3, -0.25) is 0 Å². The van der Waals surface area contributed by atoms with Crippen molar-refractivity contribution in [3.8, 4) is 0 Å². The van der Waals surface area contributed by atoms with Crippen molar-refractivity contribution in [1.29, 1.82) is 0 Å². The van der Waals surface area contributed by atoms with Gasteiger partial charge in [0, 0.05) is 10.7 Å². The number of hydrogen-bond acceptors (Lipinski definition) is 3. The lowest BCUT2D eigenvalue weighted by molar-refractivity contribution is 0.594. The highest BCUT2D eigenvalue weighted by Crippen LogP contribution is 2.05. The van der Waals surface area contributed by atoms with Crippen molar-refractivity contribution in [2.75, 3.05) is 0 Å². The van der Waals surface area contributed by atoms with E-state index in [1.54, 1.807) is 0 Å². The zero-order valence-corrected chi connectivity index (χ0v) is 8.79. The quantitative estimate of drug-likeness (QED) is 0.627. The molecule has 0 aliphatic carbocycles. The summed E-state index contributed by atoms with van der Waals surface area (Å²) >= 11 is 0.597. The first kappa shape index (κ1) is 11.1. The second-order valence-corrected chi connectivity index (χ2v) is 5.77. The minimum absolute atomic E-state index is 0.310. The molecule has 66 valence electrons. The average Bonchev–Trinajstić information content (AvgIpc) is 1.55. The molecule has 0 aromatic rings. The Hall–Kier alpha value is 0.0600.